The maximum absolute atomic E-state index is 12.9. The molecule has 0 bridgehead atoms. The number of hydrogen-bond donors (Lipinski definition) is 1. The van der Waals surface area contributed by atoms with Crippen molar-refractivity contribution in [1.29, 1.82) is 0 Å². The van der Waals surface area contributed by atoms with Crippen LogP contribution in [0.4, 0.5) is 0 Å². The number of imidazole rings is 1. The predicted octanol–water partition coefficient (Wildman–Crippen LogP) is 2.43. The van der Waals surface area contributed by atoms with E-state index in [2.05, 4.69) is 9.97 Å². The highest BCUT2D eigenvalue weighted by molar-refractivity contribution is 7.89. The summed E-state index contributed by atoms with van der Waals surface area (Å²) in [5.74, 6) is 1.44. The van der Waals surface area contributed by atoms with E-state index in [1.54, 1.807) is 29.2 Å². The van der Waals surface area contributed by atoms with Crippen LogP contribution in [0.5, 0.6) is 5.75 Å². The molecule has 8 nitrogen and oxygen atoms in total. The molecule has 0 saturated carbocycles. The summed E-state index contributed by atoms with van der Waals surface area (Å²) in [5, 5.41) is 0. The summed E-state index contributed by atoms with van der Waals surface area (Å²) in [6.45, 7) is 3.74. The van der Waals surface area contributed by atoms with Gasteiger partial charge in [0.25, 0.3) is 0 Å². The van der Waals surface area contributed by atoms with Gasteiger partial charge in [-0.1, -0.05) is 12.1 Å². The smallest absolute Gasteiger partial charge is 0.243 e. The first-order chi connectivity index (χ1) is 15.0. The number of aromatic amines is 1. The highest BCUT2D eigenvalue weighted by atomic mass is 32.2. The minimum atomic E-state index is -3.59. The van der Waals surface area contributed by atoms with Gasteiger partial charge in [0.2, 0.25) is 15.9 Å². The largest absolute Gasteiger partial charge is 0.494 e. The molecular weight excluding hydrogens is 416 g/mol. The van der Waals surface area contributed by atoms with Crippen LogP contribution in [0.25, 0.3) is 11.0 Å². The highest BCUT2D eigenvalue weighted by Crippen LogP contribution is 2.21. The fourth-order valence-electron chi connectivity index (χ4n) is 3.71. The minimum Gasteiger partial charge on any atom is -0.494 e. The molecule has 164 valence electrons. The summed E-state index contributed by atoms with van der Waals surface area (Å²) in [4.78, 5) is 22.3. The van der Waals surface area contributed by atoms with Crippen LogP contribution in [-0.4, -0.2) is 66.3 Å². The zero-order valence-electron chi connectivity index (χ0n) is 17.5. The topological polar surface area (TPSA) is 95.6 Å². The summed E-state index contributed by atoms with van der Waals surface area (Å²) in [5.41, 5.74) is 1.84. The molecule has 3 aromatic rings. The van der Waals surface area contributed by atoms with Crippen molar-refractivity contribution < 1.29 is 17.9 Å². The predicted molar refractivity (Wildman–Crippen MR) is 117 cm³/mol. The number of aromatic nitrogens is 2. The molecule has 1 fully saturated rings. The summed E-state index contributed by atoms with van der Waals surface area (Å²) >= 11 is 0. The Hall–Kier alpha value is -2.91. The molecule has 1 saturated heterocycles. The van der Waals surface area contributed by atoms with E-state index in [0.29, 0.717) is 38.3 Å². The fraction of sp³-hybridized carbons (Fsp3) is 0.364. The monoisotopic (exact) mass is 442 g/mol. The van der Waals surface area contributed by atoms with Gasteiger partial charge in [0.1, 0.15) is 11.6 Å². The number of carbonyl (C=O) groups is 1. The van der Waals surface area contributed by atoms with Crippen molar-refractivity contribution in [2.75, 3.05) is 32.8 Å². The standard InChI is InChI=1S/C22H26N4O4S/c1-2-30-17-7-9-18(10-8-17)31(28,29)26-15-13-25(14-16-26)22(27)12-11-21-23-19-5-3-4-6-20(19)24-21/h3-10H,2,11-16H2,1H3,(H,23,24). The van der Waals surface area contributed by atoms with E-state index in [-0.39, 0.29) is 23.9 Å². The van der Waals surface area contributed by atoms with Gasteiger partial charge in [-0.25, -0.2) is 13.4 Å². The van der Waals surface area contributed by atoms with Crippen molar-refractivity contribution in [3.05, 3.63) is 54.4 Å². The number of nitrogens with one attached hydrogen (secondary N) is 1. The van der Waals surface area contributed by atoms with Gasteiger partial charge in [-0.15, -0.1) is 0 Å². The lowest BCUT2D eigenvalue weighted by Crippen LogP contribution is -2.50. The Balaban J connectivity index is 1.31. The summed E-state index contributed by atoms with van der Waals surface area (Å²) in [6, 6.07) is 14.2. The zero-order chi connectivity index (χ0) is 21.8. The number of carbonyl (C=O) groups excluding carboxylic acids is 1. The number of fused-ring (bicyclic) bond motifs is 1. The van der Waals surface area contributed by atoms with Gasteiger partial charge in [-0.05, 0) is 43.3 Å². The second-order valence-corrected chi connectivity index (χ2v) is 9.33. The molecular formula is C22H26N4O4S. The van der Waals surface area contributed by atoms with Gasteiger partial charge in [-0.3, -0.25) is 4.79 Å². The number of hydrogen-bond acceptors (Lipinski definition) is 5. The van der Waals surface area contributed by atoms with Crippen LogP contribution in [0, 0.1) is 0 Å². The number of amides is 1. The lowest BCUT2D eigenvalue weighted by atomic mass is 10.2. The average Bonchev–Trinajstić information content (AvgIpc) is 3.21. The number of piperazine rings is 1. The summed E-state index contributed by atoms with van der Waals surface area (Å²) in [6.07, 6.45) is 0.865. The maximum atomic E-state index is 12.9. The fourth-order valence-corrected chi connectivity index (χ4v) is 5.13. The number of para-hydroxylation sites is 2. The van der Waals surface area contributed by atoms with Gasteiger partial charge >= 0.3 is 0 Å². The van der Waals surface area contributed by atoms with Crippen LogP contribution in [0.2, 0.25) is 0 Å². The van der Waals surface area contributed by atoms with Crippen molar-refractivity contribution in [1.82, 2.24) is 19.2 Å². The number of ether oxygens (including phenoxy) is 1. The van der Waals surface area contributed by atoms with Crippen LogP contribution in [0.1, 0.15) is 19.2 Å². The first-order valence-corrected chi connectivity index (χ1v) is 11.9. The lowest BCUT2D eigenvalue weighted by molar-refractivity contribution is -0.132. The number of aryl methyl sites for hydroxylation is 1. The molecule has 0 atom stereocenters. The molecule has 0 aliphatic carbocycles. The quantitative estimate of drug-likeness (QED) is 0.606. The third-order valence-electron chi connectivity index (χ3n) is 5.38. The lowest BCUT2D eigenvalue weighted by Gasteiger charge is -2.34. The number of benzene rings is 2. The summed E-state index contributed by atoms with van der Waals surface area (Å²) < 4.78 is 32.6. The molecule has 0 radical (unpaired) electrons. The van der Waals surface area contributed by atoms with E-state index in [1.165, 1.54) is 4.31 Å². The molecule has 31 heavy (non-hydrogen) atoms. The minimum absolute atomic E-state index is 0.0126. The second kappa shape index (κ2) is 9.07. The van der Waals surface area contributed by atoms with Gasteiger partial charge in [0.15, 0.2) is 0 Å². The van der Waals surface area contributed by atoms with E-state index in [4.69, 9.17) is 4.74 Å². The van der Waals surface area contributed by atoms with Gasteiger partial charge < -0.3 is 14.6 Å². The molecule has 1 amide bonds. The van der Waals surface area contributed by atoms with Crippen LogP contribution in [0.3, 0.4) is 0 Å². The molecule has 2 heterocycles. The SMILES string of the molecule is CCOc1ccc(S(=O)(=O)N2CCN(C(=O)CCc3nc4ccccc4[nH]3)CC2)cc1. The molecule has 1 aromatic heterocycles. The van der Waals surface area contributed by atoms with E-state index < -0.39 is 10.0 Å². The van der Waals surface area contributed by atoms with Crippen molar-refractivity contribution in [2.24, 2.45) is 0 Å². The van der Waals surface area contributed by atoms with Crippen LogP contribution >= 0.6 is 0 Å². The molecule has 9 heteroatoms. The molecule has 1 aliphatic rings. The van der Waals surface area contributed by atoms with Crippen LogP contribution in [-0.2, 0) is 21.2 Å². The highest BCUT2D eigenvalue weighted by Gasteiger charge is 2.30. The molecule has 0 spiro atoms. The molecule has 1 aliphatic heterocycles. The van der Waals surface area contributed by atoms with Crippen LogP contribution in [0.15, 0.2) is 53.4 Å². The summed E-state index contributed by atoms with van der Waals surface area (Å²) in [7, 11) is -3.59. The Labute approximate surface area is 181 Å². The van der Waals surface area contributed by atoms with Crippen molar-refractivity contribution in [3.63, 3.8) is 0 Å². The van der Waals surface area contributed by atoms with Gasteiger partial charge in [0.05, 0.1) is 22.5 Å². The van der Waals surface area contributed by atoms with Crippen LogP contribution < -0.4 is 4.74 Å². The number of rotatable bonds is 7. The van der Waals surface area contributed by atoms with Crippen molar-refractivity contribution in [3.8, 4) is 5.75 Å². The van der Waals surface area contributed by atoms with Gasteiger partial charge in [0, 0.05) is 39.0 Å². The first kappa shape index (κ1) is 21.3. The van der Waals surface area contributed by atoms with Crippen molar-refractivity contribution >= 4 is 27.0 Å². The average molecular weight is 443 g/mol. The number of nitrogens with zero attached hydrogens (tertiary/aromatic N) is 3. The number of sulfonamides is 1. The second-order valence-electron chi connectivity index (χ2n) is 7.39. The third-order valence-corrected chi connectivity index (χ3v) is 7.29. The zero-order valence-corrected chi connectivity index (χ0v) is 18.3. The normalized spacial score (nSPS) is 15.3. The van der Waals surface area contributed by atoms with E-state index in [9.17, 15) is 13.2 Å². The van der Waals surface area contributed by atoms with E-state index in [1.807, 2.05) is 31.2 Å². The third kappa shape index (κ3) is 4.72. The Kier molecular flexibility index (Phi) is 6.24. The Morgan fingerprint density at radius 2 is 1.77 bits per heavy atom. The number of H-pyrrole nitrogens is 1. The van der Waals surface area contributed by atoms with E-state index in [0.717, 1.165) is 16.9 Å². The molecule has 0 unspecified atom stereocenters. The first-order valence-electron chi connectivity index (χ1n) is 10.4. The molecule has 2 aromatic carbocycles. The molecule has 1 N–H and O–H groups in total. The maximum Gasteiger partial charge on any atom is 0.243 e. The van der Waals surface area contributed by atoms with Crippen molar-refractivity contribution in [2.45, 2.75) is 24.7 Å². The Bertz CT molecular complexity index is 1120. The van der Waals surface area contributed by atoms with Gasteiger partial charge in [-0.2, -0.15) is 4.31 Å². The Morgan fingerprint density at radius 1 is 1.06 bits per heavy atom. The van der Waals surface area contributed by atoms with E-state index >= 15 is 0 Å². The Morgan fingerprint density at radius 3 is 2.45 bits per heavy atom. The molecule has 4 rings (SSSR count).